The van der Waals surface area contributed by atoms with Crippen LogP contribution in [0.1, 0.15) is 32.3 Å². The third kappa shape index (κ3) is 4.23. The molecule has 0 atom stereocenters. The molecular weight excluding hydrogens is 198 g/mol. The van der Waals surface area contributed by atoms with Crippen LogP contribution in [0.2, 0.25) is 0 Å². The van der Waals surface area contributed by atoms with Gasteiger partial charge in [0.15, 0.2) is 0 Å². The van der Waals surface area contributed by atoms with Crippen LogP contribution in [-0.4, -0.2) is 13.7 Å². The van der Waals surface area contributed by atoms with Gasteiger partial charge >= 0.3 is 0 Å². The van der Waals surface area contributed by atoms with Crippen LogP contribution in [0.3, 0.4) is 0 Å². The second kappa shape index (κ2) is 7.29. The second-order valence-corrected chi connectivity index (χ2v) is 4.16. The fourth-order valence-corrected chi connectivity index (χ4v) is 1.74. The van der Waals surface area contributed by atoms with Gasteiger partial charge in [-0.05, 0) is 30.2 Å². The van der Waals surface area contributed by atoms with E-state index in [4.69, 9.17) is 4.74 Å². The summed E-state index contributed by atoms with van der Waals surface area (Å²) in [6.07, 6.45) is 2.51. The molecule has 0 fully saturated rings. The number of nitrogens with one attached hydrogen (secondary N) is 1. The largest absolute Gasteiger partial charge is 0.497 e. The van der Waals surface area contributed by atoms with Crippen molar-refractivity contribution < 1.29 is 4.74 Å². The Balaban J connectivity index is 2.31. The highest BCUT2D eigenvalue weighted by molar-refractivity contribution is 5.26. The van der Waals surface area contributed by atoms with Gasteiger partial charge in [0.1, 0.15) is 5.75 Å². The Morgan fingerprint density at radius 1 is 1.12 bits per heavy atom. The summed E-state index contributed by atoms with van der Waals surface area (Å²) in [6.45, 7) is 6.56. The van der Waals surface area contributed by atoms with Crippen molar-refractivity contribution in [3.63, 3.8) is 0 Å². The van der Waals surface area contributed by atoms with Crippen molar-refractivity contribution in [1.29, 1.82) is 0 Å². The topological polar surface area (TPSA) is 21.3 Å². The van der Waals surface area contributed by atoms with E-state index in [9.17, 15) is 0 Å². The van der Waals surface area contributed by atoms with Crippen LogP contribution in [0, 0.1) is 5.92 Å². The highest BCUT2D eigenvalue weighted by Gasteiger charge is 2.02. The standard InChI is InChI=1S/C14H23NO/c1-4-12(5-2)10-15-11-13-6-8-14(16-3)9-7-13/h6-9,12,15H,4-5,10-11H2,1-3H3. The van der Waals surface area contributed by atoms with E-state index in [0.29, 0.717) is 0 Å². The van der Waals surface area contributed by atoms with E-state index in [-0.39, 0.29) is 0 Å². The molecule has 0 aromatic heterocycles. The van der Waals surface area contributed by atoms with E-state index >= 15 is 0 Å². The summed E-state index contributed by atoms with van der Waals surface area (Å²) in [5.41, 5.74) is 1.31. The maximum Gasteiger partial charge on any atom is 0.118 e. The molecule has 0 bridgehead atoms. The van der Waals surface area contributed by atoms with Gasteiger partial charge in [0.2, 0.25) is 0 Å². The molecule has 1 aromatic rings. The second-order valence-electron chi connectivity index (χ2n) is 4.16. The van der Waals surface area contributed by atoms with Crippen molar-refractivity contribution in [1.82, 2.24) is 5.32 Å². The van der Waals surface area contributed by atoms with Crippen molar-refractivity contribution in [2.75, 3.05) is 13.7 Å². The fraction of sp³-hybridized carbons (Fsp3) is 0.571. The Morgan fingerprint density at radius 3 is 2.25 bits per heavy atom. The summed E-state index contributed by atoms with van der Waals surface area (Å²) in [4.78, 5) is 0. The lowest BCUT2D eigenvalue weighted by atomic mass is 10.0. The number of benzene rings is 1. The van der Waals surface area contributed by atoms with Crippen LogP contribution in [0.4, 0.5) is 0 Å². The van der Waals surface area contributed by atoms with Crippen molar-refractivity contribution in [2.45, 2.75) is 33.2 Å². The molecule has 0 saturated carbocycles. The van der Waals surface area contributed by atoms with E-state index in [2.05, 4.69) is 31.3 Å². The minimum Gasteiger partial charge on any atom is -0.497 e. The molecule has 0 heterocycles. The molecule has 0 aliphatic carbocycles. The van der Waals surface area contributed by atoms with Gasteiger partial charge in [0, 0.05) is 6.54 Å². The predicted octanol–water partition coefficient (Wildman–Crippen LogP) is 3.22. The molecule has 0 saturated heterocycles. The predicted molar refractivity (Wildman–Crippen MR) is 68.8 cm³/mol. The van der Waals surface area contributed by atoms with Crippen molar-refractivity contribution in [2.24, 2.45) is 5.92 Å². The lowest BCUT2D eigenvalue weighted by Gasteiger charge is -2.13. The van der Waals surface area contributed by atoms with Crippen LogP contribution in [0.5, 0.6) is 5.75 Å². The van der Waals surface area contributed by atoms with Crippen LogP contribution in [0.15, 0.2) is 24.3 Å². The smallest absolute Gasteiger partial charge is 0.118 e. The molecule has 2 nitrogen and oxygen atoms in total. The van der Waals surface area contributed by atoms with Gasteiger partial charge in [0.05, 0.1) is 7.11 Å². The van der Waals surface area contributed by atoms with E-state index in [1.54, 1.807) is 7.11 Å². The van der Waals surface area contributed by atoms with Crippen LogP contribution in [0.25, 0.3) is 0 Å². The van der Waals surface area contributed by atoms with E-state index < -0.39 is 0 Å². The lowest BCUT2D eigenvalue weighted by molar-refractivity contribution is 0.414. The summed E-state index contributed by atoms with van der Waals surface area (Å²) in [5, 5.41) is 3.50. The molecule has 0 unspecified atom stereocenters. The summed E-state index contributed by atoms with van der Waals surface area (Å²) in [7, 11) is 1.69. The first-order valence-electron chi connectivity index (χ1n) is 6.13. The van der Waals surface area contributed by atoms with Gasteiger partial charge < -0.3 is 10.1 Å². The molecule has 2 heteroatoms. The summed E-state index contributed by atoms with van der Waals surface area (Å²) >= 11 is 0. The minimum absolute atomic E-state index is 0.804. The molecule has 0 amide bonds. The zero-order valence-electron chi connectivity index (χ0n) is 10.6. The van der Waals surface area contributed by atoms with Gasteiger partial charge in [0.25, 0.3) is 0 Å². The van der Waals surface area contributed by atoms with Crippen LogP contribution >= 0.6 is 0 Å². The first-order chi connectivity index (χ1) is 7.80. The van der Waals surface area contributed by atoms with E-state index in [0.717, 1.165) is 24.8 Å². The summed E-state index contributed by atoms with van der Waals surface area (Å²) < 4.78 is 5.13. The molecular formula is C14H23NO. The average Bonchev–Trinajstić information content (AvgIpc) is 2.35. The summed E-state index contributed by atoms with van der Waals surface area (Å²) in [5.74, 6) is 1.72. The first kappa shape index (κ1) is 13.0. The van der Waals surface area contributed by atoms with Gasteiger partial charge in [-0.25, -0.2) is 0 Å². The van der Waals surface area contributed by atoms with Gasteiger partial charge in [-0.3, -0.25) is 0 Å². The number of hydrogen-bond donors (Lipinski definition) is 1. The van der Waals surface area contributed by atoms with Gasteiger partial charge in [-0.2, -0.15) is 0 Å². The Hall–Kier alpha value is -1.02. The quantitative estimate of drug-likeness (QED) is 0.763. The van der Waals surface area contributed by atoms with Gasteiger partial charge in [-0.15, -0.1) is 0 Å². The molecule has 0 aliphatic heterocycles. The Kier molecular flexibility index (Phi) is 5.94. The van der Waals surface area contributed by atoms with Crippen molar-refractivity contribution >= 4 is 0 Å². The van der Waals surface area contributed by atoms with E-state index in [1.165, 1.54) is 18.4 Å². The Labute approximate surface area is 99.0 Å². The van der Waals surface area contributed by atoms with Crippen LogP contribution < -0.4 is 10.1 Å². The molecule has 16 heavy (non-hydrogen) atoms. The summed E-state index contributed by atoms with van der Waals surface area (Å²) in [6, 6.07) is 8.24. The highest BCUT2D eigenvalue weighted by atomic mass is 16.5. The van der Waals surface area contributed by atoms with Crippen LogP contribution in [-0.2, 0) is 6.54 Å². The molecule has 0 aliphatic rings. The number of methoxy groups -OCH3 is 1. The first-order valence-corrected chi connectivity index (χ1v) is 6.13. The fourth-order valence-electron chi connectivity index (χ4n) is 1.74. The molecule has 1 aromatic carbocycles. The Morgan fingerprint density at radius 2 is 1.75 bits per heavy atom. The molecule has 0 radical (unpaired) electrons. The Bertz CT molecular complexity index is 277. The number of ether oxygens (including phenoxy) is 1. The van der Waals surface area contributed by atoms with Crippen molar-refractivity contribution in [3.8, 4) is 5.75 Å². The third-order valence-electron chi connectivity index (χ3n) is 3.08. The normalized spacial score (nSPS) is 10.8. The lowest BCUT2D eigenvalue weighted by Crippen LogP contribution is -2.21. The van der Waals surface area contributed by atoms with Gasteiger partial charge in [-0.1, -0.05) is 38.8 Å². The minimum atomic E-state index is 0.804. The molecule has 1 N–H and O–H groups in total. The molecule has 1 rings (SSSR count). The third-order valence-corrected chi connectivity index (χ3v) is 3.08. The monoisotopic (exact) mass is 221 g/mol. The highest BCUT2D eigenvalue weighted by Crippen LogP contribution is 2.11. The number of rotatable bonds is 7. The molecule has 0 spiro atoms. The zero-order chi connectivity index (χ0) is 11.8. The number of hydrogen-bond acceptors (Lipinski definition) is 2. The zero-order valence-corrected chi connectivity index (χ0v) is 10.6. The maximum absolute atomic E-state index is 5.13. The molecule has 90 valence electrons. The maximum atomic E-state index is 5.13. The SMILES string of the molecule is CCC(CC)CNCc1ccc(OC)cc1. The van der Waals surface area contributed by atoms with Crippen molar-refractivity contribution in [3.05, 3.63) is 29.8 Å². The van der Waals surface area contributed by atoms with E-state index in [1.807, 2.05) is 12.1 Å². The average molecular weight is 221 g/mol.